The number of halogens is 3. The third-order valence-electron chi connectivity index (χ3n) is 6.07. The van der Waals surface area contributed by atoms with Crippen LogP contribution in [0.15, 0.2) is 91.0 Å². The van der Waals surface area contributed by atoms with Crippen LogP contribution in [-0.4, -0.2) is 39.4 Å². The molecule has 3 aromatic carbocycles. The first-order valence-corrected chi connectivity index (χ1v) is 13.3. The lowest BCUT2D eigenvalue weighted by atomic mass is 9.84. The summed E-state index contributed by atoms with van der Waals surface area (Å²) in [5.74, 6) is -3.08. The number of rotatable bonds is 9. The molecule has 1 aliphatic rings. The van der Waals surface area contributed by atoms with Crippen LogP contribution in [0.2, 0.25) is 0 Å². The predicted molar refractivity (Wildman–Crippen MR) is 144 cm³/mol. The van der Waals surface area contributed by atoms with Crippen LogP contribution < -0.4 is 5.32 Å². The van der Waals surface area contributed by atoms with E-state index < -0.39 is 44.9 Å². The Hall–Kier alpha value is -2.22. The quantitative estimate of drug-likeness (QED) is 0.160. The maximum atomic E-state index is 12.8. The predicted octanol–water partition coefficient (Wildman–Crippen LogP) is 5.31. The van der Waals surface area contributed by atoms with E-state index >= 15 is 0 Å². The fraction of sp³-hybridized carbons (Fsp3) is 0.259. The highest BCUT2D eigenvalue weighted by atomic mass is 35.6. The highest BCUT2D eigenvalue weighted by molar-refractivity contribution is 8.01. The summed E-state index contributed by atoms with van der Waals surface area (Å²) in [5.41, 5.74) is 3.02. The van der Waals surface area contributed by atoms with Gasteiger partial charge < -0.3 is 15.2 Å². The summed E-state index contributed by atoms with van der Waals surface area (Å²) < 4.78 is 2.60. The second-order valence-corrected chi connectivity index (χ2v) is 12.2. The summed E-state index contributed by atoms with van der Waals surface area (Å²) in [7, 11) is 0. The van der Waals surface area contributed by atoms with Crippen molar-refractivity contribution in [1.82, 2.24) is 5.32 Å². The highest BCUT2D eigenvalue weighted by Gasteiger charge is 2.52. The highest BCUT2D eigenvalue weighted by Crippen LogP contribution is 2.53. The number of nitrogens with one attached hydrogen (secondary N) is 1. The number of hydrogen-bond donors (Lipinski definition) is 2. The molecule has 9 heteroatoms. The van der Waals surface area contributed by atoms with Gasteiger partial charge in [0.15, 0.2) is 0 Å². The van der Waals surface area contributed by atoms with E-state index in [-0.39, 0.29) is 5.91 Å². The summed E-state index contributed by atoms with van der Waals surface area (Å²) in [6.07, 6.45) is 0. The number of benzene rings is 3. The van der Waals surface area contributed by atoms with Crippen molar-refractivity contribution in [2.45, 2.75) is 13.9 Å². The molecule has 1 fully saturated rings. The number of ether oxygens (including phenoxy) is 1. The van der Waals surface area contributed by atoms with Gasteiger partial charge in [-0.15, -0.1) is 11.8 Å². The van der Waals surface area contributed by atoms with Crippen LogP contribution in [0.25, 0.3) is 0 Å². The SMILES string of the molecule is O=C(OCC(Cl)(Cl)Cl)C(CO)[C@H]1C(=O)N[C@@H]1SC(c1ccccc1)(c1ccccc1)c1ccccc1. The lowest BCUT2D eigenvalue weighted by Gasteiger charge is -2.46. The molecule has 36 heavy (non-hydrogen) atoms. The van der Waals surface area contributed by atoms with Gasteiger partial charge in [0.2, 0.25) is 9.70 Å². The van der Waals surface area contributed by atoms with Crippen LogP contribution in [-0.2, 0) is 19.1 Å². The van der Waals surface area contributed by atoms with Gasteiger partial charge in [-0.2, -0.15) is 0 Å². The zero-order valence-corrected chi connectivity index (χ0v) is 22.1. The number of esters is 1. The molecule has 4 rings (SSSR count). The summed E-state index contributed by atoms with van der Waals surface area (Å²) in [5, 5.41) is 12.5. The van der Waals surface area contributed by atoms with E-state index in [4.69, 9.17) is 39.5 Å². The molecule has 1 amide bonds. The first-order valence-electron chi connectivity index (χ1n) is 11.3. The van der Waals surface area contributed by atoms with E-state index in [1.54, 1.807) is 0 Å². The van der Waals surface area contributed by atoms with Crippen molar-refractivity contribution in [2.24, 2.45) is 11.8 Å². The number of hydrogen-bond acceptors (Lipinski definition) is 5. The van der Waals surface area contributed by atoms with E-state index in [0.29, 0.717) is 0 Å². The van der Waals surface area contributed by atoms with Crippen LogP contribution in [0.1, 0.15) is 16.7 Å². The molecule has 3 atom stereocenters. The molecule has 0 aromatic heterocycles. The van der Waals surface area contributed by atoms with Crippen LogP contribution in [0.4, 0.5) is 0 Å². The van der Waals surface area contributed by atoms with E-state index in [1.165, 1.54) is 11.8 Å². The molecule has 5 nitrogen and oxygen atoms in total. The topological polar surface area (TPSA) is 75.6 Å². The monoisotopic (exact) mass is 563 g/mol. The molecular formula is C27H24Cl3NO4S. The number of β-lactam (4-membered cyclic amide) rings is 1. The Morgan fingerprint density at radius 1 is 0.889 bits per heavy atom. The molecule has 0 aliphatic carbocycles. The minimum atomic E-state index is -1.80. The van der Waals surface area contributed by atoms with Crippen molar-refractivity contribution >= 4 is 58.4 Å². The molecule has 1 aliphatic heterocycles. The molecule has 1 heterocycles. The maximum Gasteiger partial charge on any atom is 0.312 e. The zero-order chi connectivity index (χ0) is 25.8. The molecule has 0 saturated carbocycles. The van der Waals surface area contributed by atoms with Gasteiger partial charge in [-0.05, 0) is 16.7 Å². The molecule has 1 saturated heterocycles. The largest absolute Gasteiger partial charge is 0.461 e. The fourth-order valence-electron chi connectivity index (χ4n) is 4.37. The lowest BCUT2D eigenvalue weighted by Crippen LogP contribution is -2.62. The van der Waals surface area contributed by atoms with Gasteiger partial charge in [0.25, 0.3) is 0 Å². The van der Waals surface area contributed by atoms with Gasteiger partial charge in [0.1, 0.15) is 6.61 Å². The third kappa shape index (κ3) is 5.68. The van der Waals surface area contributed by atoms with Crippen LogP contribution in [0, 0.1) is 11.8 Å². The van der Waals surface area contributed by atoms with Crippen LogP contribution in [0.3, 0.4) is 0 Å². The number of alkyl halides is 3. The van der Waals surface area contributed by atoms with E-state index in [1.807, 2.05) is 91.0 Å². The summed E-state index contributed by atoms with van der Waals surface area (Å²) >= 11 is 18.6. The van der Waals surface area contributed by atoms with Gasteiger partial charge in [-0.1, -0.05) is 126 Å². The average Bonchev–Trinajstić information content (AvgIpc) is 2.89. The minimum absolute atomic E-state index is 0.347. The molecule has 0 bridgehead atoms. The lowest BCUT2D eigenvalue weighted by molar-refractivity contribution is -0.158. The minimum Gasteiger partial charge on any atom is -0.461 e. The van der Waals surface area contributed by atoms with Crippen molar-refractivity contribution in [1.29, 1.82) is 0 Å². The number of aliphatic hydroxyl groups excluding tert-OH is 1. The molecule has 188 valence electrons. The number of carbonyl (C=O) groups is 2. The second-order valence-electron chi connectivity index (χ2n) is 8.36. The first-order chi connectivity index (χ1) is 17.3. The van der Waals surface area contributed by atoms with Crippen molar-refractivity contribution in [3.8, 4) is 0 Å². The molecule has 0 spiro atoms. The number of carbonyl (C=O) groups excluding carboxylic acids is 2. The van der Waals surface area contributed by atoms with Crippen molar-refractivity contribution in [3.63, 3.8) is 0 Å². The van der Waals surface area contributed by atoms with Crippen LogP contribution in [0.5, 0.6) is 0 Å². The van der Waals surface area contributed by atoms with Gasteiger partial charge in [0, 0.05) is 0 Å². The smallest absolute Gasteiger partial charge is 0.312 e. The van der Waals surface area contributed by atoms with Crippen molar-refractivity contribution < 1.29 is 19.4 Å². The normalized spacial score (nSPS) is 18.6. The molecule has 3 aromatic rings. The molecule has 1 unspecified atom stereocenters. The van der Waals surface area contributed by atoms with Crippen molar-refractivity contribution in [2.75, 3.05) is 13.2 Å². The molecule has 2 N–H and O–H groups in total. The average molecular weight is 565 g/mol. The summed E-state index contributed by atoms with van der Waals surface area (Å²) in [4.78, 5) is 25.5. The molecule has 0 radical (unpaired) electrons. The number of thioether (sulfide) groups is 1. The van der Waals surface area contributed by atoms with Gasteiger partial charge >= 0.3 is 5.97 Å². The Balaban J connectivity index is 1.75. The fourth-order valence-corrected chi connectivity index (χ4v) is 6.37. The number of aliphatic hydroxyl groups is 1. The standard InChI is InChI=1S/C27H24Cl3NO4S/c28-26(29,30)17-35-25(34)21(16-32)22-23(33)31-24(22)36-27(18-10-4-1-5-11-18,19-12-6-2-7-13-19)20-14-8-3-9-15-20/h1-15,21-22,24,32H,16-17H2,(H,31,33)/t21?,22-,24+/m0/s1. The molecular weight excluding hydrogens is 541 g/mol. The Labute approximate surface area is 229 Å². The number of amides is 1. The van der Waals surface area contributed by atoms with Gasteiger partial charge in [-0.3, -0.25) is 9.59 Å². The van der Waals surface area contributed by atoms with E-state index in [9.17, 15) is 14.7 Å². The van der Waals surface area contributed by atoms with Gasteiger partial charge in [-0.25, -0.2) is 0 Å². The van der Waals surface area contributed by atoms with E-state index in [0.717, 1.165) is 16.7 Å². The Morgan fingerprint density at radius 3 is 1.69 bits per heavy atom. The summed E-state index contributed by atoms with van der Waals surface area (Å²) in [6.45, 7) is -1.07. The van der Waals surface area contributed by atoms with Gasteiger partial charge in [0.05, 0.1) is 28.6 Å². The Bertz CT molecular complexity index is 1080. The van der Waals surface area contributed by atoms with E-state index in [2.05, 4.69) is 5.32 Å². The zero-order valence-electron chi connectivity index (χ0n) is 19.0. The maximum absolute atomic E-state index is 12.8. The first kappa shape index (κ1) is 26.8. The summed E-state index contributed by atoms with van der Waals surface area (Å²) in [6, 6.07) is 29.9. The Kier molecular flexibility index (Phi) is 8.53. The second kappa shape index (κ2) is 11.4. The van der Waals surface area contributed by atoms with Crippen molar-refractivity contribution in [3.05, 3.63) is 108 Å². The van der Waals surface area contributed by atoms with Crippen LogP contribution >= 0.6 is 46.6 Å². The Morgan fingerprint density at radius 2 is 1.33 bits per heavy atom. The third-order valence-corrected chi connectivity index (χ3v) is 8.12.